The van der Waals surface area contributed by atoms with Crippen LogP contribution in [0.15, 0.2) is 36.4 Å². The summed E-state index contributed by atoms with van der Waals surface area (Å²) >= 11 is 0. The molecule has 4 aliphatic rings. The highest BCUT2D eigenvalue weighted by Gasteiger charge is 2.42. The number of fused-ring (bicyclic) bond motifs is 2. The molecule has 12 nitrogen and oxygen atoms in total. The van der Waals surface area contributed by atoms with Gasteiger partial charge in [0.25, 0.3) is 11.8 Å². The maximum Gasteiger partial charge on any atom is 0.252 e. The van der Waals surface area contributed by atoms with Crippen molar-refractivity contribution in [2.24, 2.45) is 11.8 Å². The van der Waals surface area contributed by atoms with Crippen molar-refractivity contribution in [3.05, 3.63) is 59.2 Å². The lowest BCUT2D eigenvalue weighted by molar-refractivity contribution is -0.142. The Labute approximate surface area is 317 Å². The van der Waals surface area contributed by atoms with E-state index < -0.39 is 0 Å². The van der Waals surface area contributed by atoms with Gasteiger partial charge in [-0.15, -0.1) is 0 Å². The van der Waals surface area contributed by atoms with Crippen molar-refractivity contribution in [3.8, 4) is 11.8 Å². The van der Waals surface area contributed by atoms with Gasteiger partial charge in [0, 0.05) is 49.5 Å². The summed E-state index contributed by atoms with van der Waals surface area (Å²) in [4.78, 5) is 48.1. The van der Waals surface area contributed by atoms with Crippen LogP contribution in [0.5, 0.6) is 0 Å². The molecule has 0 unspecified atom stereocenters. The predicted octanol–water partition coefficient (Wildman–Crippen LogP) is 4.97. The van der Waals surface area contributed by atoms with Gasteiger partial charge < -0.3 is 39.9 Å². The van der Waals surface area contributed by atoms with Gasteiger partial charge in [-0.3, -0.25) is 9.59 Å². The van der Waals surface area contributed by atoms with Crippen molar-refractivity contribution < 1.29 is 19.1 Å². The van der Waals surface area contributed by atoms with Crippen LogP contribution >= 0.6 is 0 Å². The van der Waals surface area contributed by atoms with Gasteiger partial charge in [0.05, 0.1) is 34.2 Å². The first kappa shape index (κ1) is 36.7. The van der Waals surface area contributed by atoms with Crippen LogP contribution in [0.25, 0.3) is 22.1 Å². The minimum absolute atomic E-state index is 0.0651. The minimum Gasteiger partial charge on any atom is -0.368 e. The molecule has 0 aliphatic carbocycles. The van der Waals surface area contributed by atoms with Crippen LogP contribution < -0.4 is 10.6 Å². The van der Waals surface area contributed by atoms with Crippen molar-refractivity contribution >= 4 is 33.9 Å². The third-order valence-corrected chi connectivity index (χ3v) is 11.2. The van der Waals surface area contributed by atoms with Gasteiger partial charge in [0.1, 0.15) is 23.9 Å². The fourth-order valence-electron chi connectivity index (χ4n) is 8.37. The second-order valence-corrected chi connectivity index (χ2v) is 16.4. The summed E-state index contributed by atoms with van der Waals surface area (Å²) in [7, 11) is 0. The van der Waals surface area contributed by atoms with Crippen LogP contribution in [-0.4, -0.2) is 105 Å². The highest BCUT2D eigenvalue weighted by molar-refractivity contribution is 5.83. The van der Waals surface area contributed by atoms with Gasteiger partial charge in [-0.1, -0.05) is 39.5 Å². The molecule has 6 atom stereocenters. The van der Waals surface area contributed by atoms with E-state index in [0.29, 0.717) is 38.1 Å². The van der Waals surface area contributed by atoms with E-state index >= 15 is 0 Å². The predicted molar refractivity (Wildman–Crippen MR) is 208 cm³/mol. The van der Waals surface area contributed by atoms with Crippen LogP contribution in [0.4, 0.5) is 0 Å². The van der Waals surface area contributed by atoms with Crippen LogP contribution in [0.3, 0.4) is 0 Å². The summed E-state index contributed by atoms with van der Waals surface area (Å²) < 4.78 is 11.6. The Kier molecular flexibility index (Phi) is 10.8. The van der Waals surface area contributed by atoms with E-state index in [4.69, 9.17) is 19.4 Å². The van der Waals surface area contributed by atoms with Crippen LogP contribution in [0, 0.1) is 23.7 Å². The molecule has 4 saturated heterocycles. The zero-order valence-electron chi connectivity index (χ0n) is 32.0. The summed E-state index contributed by atoms with van der Waals surface area (Å²) in [5.74, 6) is 9.47. The van der Waals surface area contributed by atoms with Gasteiger partial charge in [-0.25, -0.2) is 9.97 Å². The second kappa shape index (κ2) is 15.8. The van der Waals surface area contributed by atoms with E-state index in [1.165, 1.54) is 0 Å². The van der Waals surface area contributed by atoms with E-state index in [2.05, 4.69) is 60.1 Å². The summed E-state index contributed by atoms with van der Waals surface area (Å²) in [6.07, 6.45) is 4.26. The number of hydrogen-bond acceptors (Lipinski definition) is 8. The van der Waals surface area contributed by atoms with Crippen molar-refractivity contribution in [1.82, 2.24) is 40.4 Å². The molecule has 2 aromatic heterocycles. The zero-order chi connectivity index (χ0) is 37.3. The molecular formula is C42H54N8O4. The Hall–Kier alpha value is -4.28. The lowest BCUT2D eigenvalue weighted by Crippen LogP contribution is -2.41. The highest BCUT2D eigenvalue weighted by atomic mass is 16.5. The number of ether oxygens (including phenoxy) is 2. The minimum atomic E-state index is -0.363. The molecule has 0 saturated carbocycles. The number of imidazole rings is 2. The first-order valence-corrected chi connectivity index (χ1v) is 20.0. The Morgan fingerprint density at radius 1 is 0.741 bits per heavy atom. The van der Waals surface area contributed by atoms with Crippen LogP contribution in [-0.2, 0) is 19.1 Å². The van der Waals surface area contributed by atoms with Gasteiger partial charge in [-0.2, -0.15) is 0 Å². The maximum atomic E-state index is 13.6. The van der Waals surface area contributed by atoms with E-state index in [0.717, 1.165) is 96.5 Å². The Morgan fingerprint density at radius 2 is 1.19 bits per heavy atom. The lowest BCUT2D eigenvalue weighted by atomic mass is 10.1. The van der Waals surface area contributed by atoms with E-state index in [-0.39, 0.29) is 48.2 Å². The molecule has 12 heteroatoms. The second-order valence-electron chi connectivity index (χ2n) is 16.4. The molecule has 0 bridgehead atoms. The number of likely N-dealkylation sites (tertiary alicyclic amines) is 2. The Morgan fingerprint density at radius 3 is 1.57 bits per heavy atom. The first-order valence-electron chi connectivity index (χ1n) is 20.0. The Bertz CT molecular complexity index is 1890. The van der Waals surface area contributed by atoms with Crippen LogP contribution in [0.2, 0.25) is 0 Å². The number of amides is 2. The smallest absolute Gasteiger partial charge is 0.252 e. The van der Waals surface area contributed by atoms with Crippen molar-refractivity contribution in [1.29, 1.82) is 0 Å². The lowest BCUT2D eigenvalue weighted by Gasteiger charge is -2.25. The third kappa shape index (κ3) is 7.91. The number of benzene rings is 2. The number of carbonyl (C=O) groups is 2. The molecule has 8 rings (SSSR count). The number of rotatable bonds is 10. The molecule has 2 amide bonds. The largest absolute Gasteiger partial charge is 0.368 e. The molecule has 4 N–H and O–H groups in total. The third-order valence-electron chi connectivity index (χ3n) is 11.2. The average Bonchev–Trinajstić information content (AvgIpc) is 4.01. The van der Waals surface area contributed by atoms with E-state index in [9.17, 15) is 9.59 Å². The number of H-pyrrole nitrogens is 2. The molecule has 4 aromatic rings. The number of nitrogens with zero attached hydrogens (tertiary/aromatic N) is 4. The summed E-state index contributed by atoms with van der Waals surface area (Å²) in [6.45, 7) is 13.2. The molecule has 286 valence electrons. The van der Waals surface area contributed by atoms with Crippen molar-refractivity contribution in [3.63, 3.8) is 0 Å². The SMILES string of the molecule is CC(C)CN[C@H]1C[C@@H](c2nc3ccc(C#Cc4ccc5nc([C@@H]6C[C@H](NCC(C)C)CN6C(=O)[C@H]6CCCO6)[nH]c5c4)cc3[nH]2)N(C(=O)[C@H]2CCCO2)C1. The molecule has 4 fully saturated rings. The Balaban J connectivity index is 0.996. The summed E-state index contributed by atoms with van der Waals surface area (Å²) in [6, 6.07) is 12.2. The molecule has 2 aromatic carbocycles. The topological polar surface area (TPSA) is 140 Å². The monoisotopic (exact) mass is 734 g/mol. The normalized spacial score (nSPS) is 25.8. The summed E-state index contributed by atoms with van der Waals surface area (Å²) in [5.41, 5.74) is 5.23. The molecular weight excluding hydrogens is 681 g/mol. The summed E-state index contributed by atoms with van der Waals surface area (Å²) in [5, 5.41) is 7.32. The fraction of sp³-hybridized carbons (Fsp3) is 0.571. The van der Waals surface area contributed by atoms with E-state index in [1.807, 2.05) is 46.2 Å². The first-order chi connectivity index (χ1) is 26.2. The van der Waals surface area contributed by atoms with E-state index in [1.54, 1.807) is 0 Å². The van der Waals surface area contributed by atoms with Gasteiger partial charge in [0.15, 0.2) is 0 Å². The van der Waals surface area contributed by atoms with Crippen molar-refractivity contribution in [2.45, 2.75) is 103 Å². The molecule has 0 radical (unpaired) electrons. The quantitative estimate of drug-likeness (QED) is 0.168. The van der Waals surface area contributed by atoms with Gasteiger partial charge >= 0.3 is 0 Å². The number of nitrogens with one attached hydrogen (secondary N) is 4. The zero-order valence-corrected chi connectivity index (χ0v) is 32.0. The number of hydrogen-bond donors (Lipinski definition) is 4. The average molecular weight is 735 g/mol. The van der Waals surface area contributed by atoms with Gasteiger partial charge in [-0.05, 0) is 99.8 Å². The molecule has 0 spiro atoms. The fourth-order valence-corrected chi connectivity index (χ4v) is 8.37. The number of aromatic nitrogens is 4. The molecule has 6 heterocycles. The molecule has 4 aliphatic heterocycles. The standard InChI is InChI=1S/C42H54N8O4/c1-25(2)21-43-29-19-35(49(23-29)41(51)37-7-5-15-53-37)39-45-31-13-11-27(17-33(31)47-39)9-10-28-12-14-32-34(18-28)48-40(46-32)36-20-30(44-22-26(3)4)24-50(36)42(52)38-8-6-16-54-38/h11-14,17-18,25-26,29-30,35-38,43-44H,5-8,15-16,19-24H2,1-4H3,(H,45,47)(H,46,48)/t29-,30-,35-,36-,37+,38+/m0/s1. The number of carbonyl (C=O) groups excluding carboxylic acids is 2. The van der Waals surface area contributed by atoms with Crippen LogP contribution in [0.1, 0.15) is 101 Å². The highest BCUT2D eigenvalue weighted by Crippen LogP contribution is 2.35. The number of aromatic amines is 2. The van der Waals surface area contributed by atoms with Crippen molar-refractivity contribution in [2.75, 3.05) is 39.4 Å². The van der Waals surface area contributed by atoms with Gasteiger partial charge in [0.2, 0.25) is 0 Å². The molecule has 54 heavy (non-hydrogen) atoms. The maximum absolute atomic E-state index is 13.6.